The van der Waals surface area contributed by atoms with Crippen molar-refractivity contribution in [3.8, 4) is 5.69 Å². The predicted octanol–water partition coefficient (Wildman–Crippen LogP) is 3.03. The van der Waals surface area contributed by atoms with Crippen LogP contribution in [-0.2, 0) is 0 Å². The van der Waals surface area contributed by atoms with Gasteiger partial charge in [0.1, 0.15) is 0 Å². The summed E-state index contributed by atoms with van der Waals surface area (Å²) in [5.41, 5.74) is 3.27. The van der Waals surface area contributed by atoms with Crippen molar-refractivity contribution in [3.05, 3.63) is 35.9 Å². The van der Waals surface area contributed by atoms with Gasteiger partial charge in [-0.2, -0.15) is 0 Å². The van der Waals surface area contributed by atoms with Gasteiger partial charge in [-0.3, -0.25) is 0 Å². The molecule has 54 valence electrons. The third-order valence-electron chi connectivity index (χ3n) is 1.34. The van der Waals surface area contributed by atoms with E-state index in [-0.39, 0.29) is 0 Å². The summed E-state index contributed by atoms with van der Waals surface area (Å²) >= 11 is 0. The van der Waals surface area contributed by atoms with Crippen LogP contribution in [0.3, 0.4) is 0 Å². The molecular formula is C7H6N2P2. The molecule has 0 fully saturated rings. The molecule has 0 saturated carbocycles. The van der Waals surface area contributed by atoms with E-state index in [0.29, 0.717) is 0 Å². The maximum atomic E-state index is 4.24. The van der Waals surface area contributed by atoms with Crippen LogP contribution >= 0.6 is 16.7 Å². The zero-order chi connectivity index (χ0) is 7.52. The molecule has 0 aliphatic heterocycles. The highest BCUT2D eigenvalue weighted by atomic mass is 31.1. The molecule has 0 unspecified atom stereocenters. The summed E-state index contributed by atoms with van der Waals surface area (Å²) in [4.78, 5) is 4.24. The molecule has 1 heterocycles. The summed E-state index contributed by atoms with van der Waals surface area (Å²) in [6.45, 7) is 0. The van der Waals surface area contributed by atoms with Crippen molar-refractivity contribution >= 4 is 16.7 Å². The number of nitrogens with zero attached hydrogens (tertiary/aromatic N) is 2. The van der Waals surface area contributed by atoms with Crippen LogP contribution < -0.4 is 0 Å². The number of para-hydroxylation sites is 1. The molecule has 2 aromatic rings. The summed E-state index contributed by atoms with van der Waals surface area (Å²) in [5, 5.41) is 0. The van der Waals surface area contributed by atoms with Gasteiger partial charge in [-0.25, -0.2) is 4.44 Å². The molecule has 0 N–H and O–H groups in total. The SMILES string of the molecule is c1ccc(-n2npcp2)cc1. The quantitative estimate of drug-likeness (QED) is 0.659. The van der Waals surface area contributed by atoms with Gasteiger partial charge in [-0.05, 0) is 12.1 Å². The Morgan fingerprint density at radius 1 is 1.18 bits per heavy atom. The Kier molecular flexibility index (Phi) is 1.98. The second-order valence-electron chi connectivity index (χ2n) is 2.06. The molecule has 2 nitrogen and oxygen atoms in total. The van der Waals surface area contributed by atoms with Crippen molar-refractivity contribution in [1.29, 1.82) is 0 Å². The van der Waals surface area contributed by atoms with E-state index in [1.165, 1.54) is 8.35 Å². The van der Waals surface area contributed by atoms with E-state index >= 15 is 0 Å². The first-order valence-corrected chi connectivity index (χ1v) is 5.08. The van der Waals surface area contributed by atoms with Gasteiger partial charge in [-0.15, -0.1) is 4.86 Å². The molecule has 0 amide bonds. The van der Waals surface area contributed by atoms with E-state index in [1.807, 2.05) is 22.6 Å². The Labute approximate surface area is 68.2 Å². The van der Waals surface area contributed by atoms with Gasteiger partial charge in [0.15, 0.2) is 0 Å². The maximum Gasteiger partial charge on any atom is 0.0695 e. The summed E-state index contributed by atoms with van der Waals surface area (Å²) in [5.74, 6) is 0. The fourth-order valence-corrected chi connectivity index (χ4v) is 2.40. The van der Waals surface area contributed by atoms with Crippen LogP contribution in [-0.4, -0.2) is 9.31 Å². The molecule has 0 bridgehead atoms. The molecule has 1 aromatic heterocycles. The lowest BCUT2D eigenvalue weighted by atomic mass is 10.3. The van der Waals surface area contributed by atoms with Gasteiger partial charge in [0, 0.05) is 13.9 Å². The Bertz CT molecular complexity index is 317. The van der Waals surface area contributed by atoms with E-state index in [9.17, 15) is 0 Å². The van der Waals surface area contributed by atoms with Gasteiger partial charge in [0.05, 0.1) is 14.0 Å². The first-order chi connectivity index (χ1) is 5.47. The van der Waals surface area contributed by atoms with Gasteiger partial charge in [0.25, 0.3) is 0 Å². The van der Waals surface area contributed by atoms with Crippen LogP contribution in [0.25, 0.3) is 5.69 Å². The van der Waals surface area contributed by atoms with Crippen LogP contribution in [0.2, 0.25) is 0 Å². The minimum Gasteiger partial charge on any atom is -0.211 e. The Morgan fingerprint density at radius 3 is 2.64 bits per heavy atom. The zero-order valence-electron chi connectivity index (χ0n) is 5.75. The first kappa shape index (κ1) is 6.97. The summed E-state index contributed by atoms with van der Waals surface area (Å²) in [6.07, 6.45) is 0. The summed E-state index contributed by atoms with van der Waals surface area (Å²) < 4.78 is 1.97. The number of aromatic nitrogens is 2. The van der Waals surface area contributed by atoms with Crippen molar-refractivity contribution in [2.24, 2.45) is 0 Å². The van der Waals surface area contributed by atoms with Crippen LogP contribution in [0.15, 0.2) is 35.9 Å². The average molecular weight is 180 g/mol. The molecule has 2 rings (SSSR count). The van der Waals surface area contributed by atoms with Crippen LogP contribution in [0.4, 0.5) is 0 Å². The second kappa shape index (κ2) is 3.13. The Balaban J connectivity index is 2.46. The van der Waals surface area contributed by atoms with Gasteiger partial charge in [-0.1, -0.05) is 18.2 Å². The number of hydrogen-bond acceptors (Lipinski definition) is 1. The molecule has 0 atom stereocenters. The van der Waals surface area contributed by atoms with Crippen molar-refractivity contribution in [1.82, 2.24) is 9.31 Å². The molecule has 11 heavy (non-hydrogen) atoms. The van der Waals surface area contributed by atoms with Crippen LogP contribution in [0.5, 0.6) is 0 Å². The molecular weight excluding hydrogens is 174 g/mol. The summed E-state index contributed by atoms with van der Waals surface area (Å²) in [7, 11) is 2.22. The van der Waals surface area contributed by atoms with Crippen LogP contribution in [0.1, 0.15) is 0 Å². The molecule has 0 radical (unpaired) electrons. The lowest BCUT2D eigenvalue weighted by molar-refractivity contribution is 1.02. The smallest absolute Gasteiger partial charge is 0.0695 e. The Morgan fingerprint density at radius 2 is 2.00 bits per heavy atom. The first-order valence-electron chi connectivity index (χ1n) is 3.25. The standard InChI is InChI=1S/C7H6N2P2/c1-2-4-7(5-3-1)9-8-10-6-11-9/h1-6H. The maximum absolute atomic E-state index is 4.24. The molecule has 1 aromatic carbocycles. The largest absolute Gasteiger partial charge is 0.211 e. The highest BCUT2D eigenvalue weighted by Crippen LogP contribution is 2.16. The van der Waals surface area contributed by atoms with Gasteiger partial charge < -0.3 is 0 Å². The number of hydrogen-bond donors (Lipinski definition) is 0. The fraction of sp³-hybridized carbons (Fsp3) is 0. The fourth-order valence-electron chi connectivity index (χ4n) is 0.847. The van der Waals surface area contributed by atoms with Crippen LogP contribution in [0, 0.1) is 0 Å². The predicted molar refractivity (Wildman–Crippen MR) is 48.6 cm³/mol. The molecule has 4 heteroatoms. The third-order valence-corrected chi connectivity index (χ3v) is 3.12. The lowest BCUT2D eigenvalue weighted by Gasteiger charge is -1.96. The van der Waals surface area contributed by atoms with Crippen molar-refractivity contribution in [2.75, 3.05) is 0 Å². The topological polar surface area (TPSA) is 17.8 Å². The molecule has 0 aliphatic carbocycles. The average Bonchev–Trinajstić information content (AvgIpc) is 2.58. The molecule has 0 aliphatic rings. The van der Waals surface area contributed by atoms with E-state index in [1.54, 1.807) is 0 Å². The van der Waals surface area contributed by atoms with E-state index in [4.69, 9.17) is 0 Å². The second-order valence-corrected chi connectivity index (χ2v) is 4.00. The van der Waals surface area contributed by atoms with Crippen molar-refractivity contribution < 1.29 is 0 Å². The van der Waals surface area contributed by atoms with Gasteiger partial charge in [0.2, 0.25) is 0 Å². The third kappa shape index (κ3) is 1.48. The highest BCUT2D eigenvalue weighted by Gasteiger charge is 1.91. The summed E-state index contributed by atoms with van der Waals surface area (Å²) in [6, 6.07) is 10.2. The minimum atomic E-state index is 1.06. The van der Waals surface area contributed by atoms with Gasteiger partial charge >= 0.3 is 0 Å². The molecule has 0 saturated heterocycles. The normalized spacial score (nSPS) is 11.3. The van der Waals surface area contributed by atoms with E-state index in [0.717, 1.165) is 14.0 Å². The molecule has 0 spiro atoms. The lowest BCUT2D eigenvalue weighted by Crippen LogP contribution is -1.87. The number of rotatable bonds is 1. The van der Waals surface area contributed by atoms with E-state index in [2.05, 4.69) is 22.5 Å². The Hall–Kier alpha value is -0.710. The monoisotopic (exact) mass is 180 g/mol. The van der Waals surface area contributed by atoms with E-state index < -0.39 is 0 Å². The number of benzene rings is 1. The van der Waals surface area contributed by atoms with Crippen molar-refractivity contribution in [2.45, 2.75) is 0 Å². The highest BCUT2D eigenvalue weighted by molar-refractivity contribution is 7.41. The zero-order valence-corrected chi connectivity index (χ0v) is 7.54. The van der Waals surface area contributed by atoms with Crippen molar-refractivity contribution in [3.63, 3.8) is 0 Å². The minimum absolute atomic E-state index is 1.06.